The van der Waals surface area contributed by atoms with Gasteiger partial charge in [-0.25, -0.2) is 4.98 Å². The molecule has 0 amide bonds. The quantitative estimate of drug-likeness (QED) is 0.900. The van der Waals surface area contributed by atoms with E-state index in [1.165, 1.54) is 17.0 Å². The molecule has 1 heterocycles. The van der Waals surface area contributed by atoms with Crippen molar-refractivity contribution in [2.45, 2.75) is 58.0 Å². The van der Waals surface area contributed by atoms with Crippen molar-refractivity contribution in [3.05, 3.63) is 10.6 Å². The molecule has 96 valence electrons. The van der Waals surface area contributed by atoms with E-state index >= 15 is 0 Å². The fourth-order valence-electron chi connectivity index (χ4n) is 2.08. The van der Waals surface area contributed by atoms with E-state index in [9.17, 15) is 0 Å². The molecule has 3 nitrogen and oxygen atoms in total. The van der Waals surface area contributed by atoms with Crippen molar-refractivity contribution in [1.82, 2.24) is 4.98 Å². The molecule has 17 heavy (non-hydrogen) atoms. The lowest BCUT2D eigenvalue weighted by molar-refractivity contribution is 0.469. The van der Waals surface area contributed by atoms with Crippen LogP contribution in [0.4, 0.5) is 5.13 Å². The third-order valence-corrected chi connectivity index (χ3v) is 5.35. The summed E-state index contributed by atoms with van der Waals surface area (Å²) in [6.07, 6.45) is 4.49. The normalized spacial score (nSPS) is 20.2. The zero-order valence-electron chi connectivity index (χ0n) is 11.3. The highest BCUT2D eigenvalue weighted by Gasteiger charge is 2.27. The molecule has 0 aromatic carbocycles. The van der Waals surface area contributed by atoms with Crippen molar-refractivity contribution in [2.75, 3.05) is 11.9 Å². The van der Waals surface area contributed by atoms with Gasteiger partial charge in [-0.1, -0.05) is 18.3 Å². The number of nitrogens with zero attached hydrogens (tertiary/aromatic N) is 2. The molecule has 1 unspecified atom stereocenters. The van der Waals surface area contributed by atoms with Crippen LogP contribution in [0, 0.1) is 0 Å². The second-order valence-electron chi connectivity index (χ2n) is 5.53. The highest BCUT2D eigenvalue weighted by Crippen LogP contribution is 2.38. The predicted octanol–water partition coefficient (Wildman–Crippen LogP) is 3.10. The third kappa shape index (κ3) is 2.33. The summed E-state index contributed by atoms with van der Waals surface area (Å²) in [6, 6.07) is 0.211. The molecule has 4 heteroatoms. The minimum atomic E-state index is 0.157. The van der Waals surface area contributed by atoms with Crippen molar-refractivity contribution >= 4 is 16.5 Å². The third-order valence-electron chi connectivity index (χ3n) is 4.04. The van der Waals surface area contributed by atoms with Gasteiger partial charge < -0.3 is 10.6 Å². The van der Waals surface area contributed by atoms with Crippen LogP contribution in [-0.4, -0.2) is 17.6 Å². The smallest absolute Gasteiger partial charge is 0.186 e. The van der Waals surface area contributed by atoms with Gasteiger partial charge in [0, 0.05) is 23.5 Å². The summed E-state index contributed by atoms with van der Waals surface area (Å²) in [7, 11) is 2.14. The van der Waals surface area contributed by atoms with E-state index < -0.39 is 0 Å². The maximum absolute atomic E-state index is 6.15. The van der Waals surface area contributed by atoms with Gasteiger partial charge in [-0.05, 0) is 39.5 Å². The molecular formula is C13H23N3S. The van der Waals surface area contributed by atoms with Gasteiger partial charge in [-0.3, -0.25) is 0 Å². The van der Waals surface area contributed by atoms with Gasteiger partial charge in [0.05, 0.1) is 5.69 Å². The van der Waals surface area contributed by atoms with Crippen LogP contribution in [0.3, 0.4) is 0 Å². The van der Waals surface area contributed by atoms with Gasteiger partial charge in [0.25, 0.3) is 0 Å². The summed E-state index contributed by atoms with van der Waals surface area (Å²) in [4.78, 5) is 8.38. The van der Waals surface area contributed by atoms with E-state index in [1.807, 2.05) is 0 Å². The fourth-order valence-corrected chi connectivity index (χ4v) is 3.35. The summed E-state index contributed by atoms with van der Waals surface area (Å²) in [6.45, 7) is 6.73. The SMILES string of the molecule is CCC(C)(C)N(C)c1nc2c(s1)C(N)CCC2. The van der Waals surface area contributed by atoms with Crippen LogP contribution in [0.15, 0.2) is 0 Å². The Morgan fingerprint density at radius 2 is 2.24 bits per heavy atom. The van der Waals surface area contributed by atoms with Crippen LogP contribution >= 0.6 is 11.3 Å². The summed E-state index contributed by atoms with van der Waals surface area (Å²) in [5.41, 5.74) is 7.55. The molecule has 0 bridgehead atoms. The first-order valence-electron chi connectivity index (χ1n) is 6.44. The maximum atomic E-state index is 6.15. The molecule has 2 N–H and O–H groups in total. The number of hydrogen-bond donors (Lipinski definition) is 1. The molecule has 0 radical (unpaired) electrons. The van der Waals surface area contributed by atoms with E-state index in [2.05, 4.69) is 32.7 Å². The molecule has 1 aromatic rings. The highest BCUT2D eigenvalue weighted by molar-refractivity contribution is 7.15. The van der Waals surface area contributed by atoms with E-state index in [-0.39, 0.29) is 11.6 Å². The summed E-state index contributed by atoms with van der Waals surface area (Å²) < 4.78 is 0. The van der Waals surface area contributed by atoms with Gasteiger partial charge in [-0.2, -0.15) is 0 Å². The molecule has 0 fully saturated rings. The zero-order valence-corrected chi connectivity index (χ0v) is 12.1. The Morgan fingerprint density at radius 3 is 2.82 bits per heavy atom. The van der Waals surface area contributed by atoms with Gasteiger partial charge in [0.15, 0.2) is 5.13 Å². The molecule has 1 aliphatic carbocycles. The zero-order chi connectivity index (χ0) is 12.6. The Hall–Kier alpha value is -0.610. The second-order valence-corrected chi connectivity index (χ2v) is 6.54. The Labute approximate surface area is 108 Å². The van der Waals surface area contributed by atoms with Gasteiger partial charge >= 0.3 is 0 Å². The minimum Gasteiger partial charge on any atom is -0.346 e. The van der Waals surface area contributed by atoms with Crippen LogP contribution in [0.2, 0.25) is 0 Å². The topological polar surface area (TPSA) is 42.2 Å². The van der Waals surface area contributed by atoms with Gasteiger partial charge in [0.1, 0.15) is 0 Å². The van der Waals surface area contributed by atoms with Crippen LogP contribution < -0.4 is 10.6 Å². The lowest BCUT2D eigenvalue weighted by Gasteiger charge is -2.34. The number of anilines is 1. The van der Waals surface area contributed by atoms with Gasteiger partial charge in [-0.15, -0.1) is 0 Å². The number of aromatic nitrogens is 1. The van der Waals surface area contributed by atoms with Crippen LogP contribution in [-0.2, 0) is 6.42 Å². The minimum absolute atomic E-state index is 0.157. The van der Waals surface area contributed by atoms with E-state index in [0.29, 0.717) is 0 Å². The molecule has 0 aliphatic heterocycles. The molecular weight excluding hydrogens is 230 g/mol. The van der Waals surface area contributed by atoms with Crippen molar-refractivity contribution in [3.63, 3.8) is 0 Å². The van der Waals surface area contributed by atoms with Crippen molar-refractivity contribution in [2.24, 2.45) is 5.73 Å². The fraction of sp³-hybridized carbons (Fsp3) is 0.769. The number of nitrogens with two attached hydrogens (primary N) is 1. The lowest BCUT2D eigenvalue weighted by Crippen LogP contribution is -2.40. The summed E-state index contributed by atoms with van der Waals surface area (Å²) >= 11 is 1.78. The van der Waals surface area contributed by atoms with Crippen molar-refractivity contribution in [1.29, 1.82) is 0 Å². The van der Waals surface area contributed by atoms with Gasteiger partial charge in [0.2, 0.25) is 0 Å². The molecule has 0 spiro atoms. The molecule has 1 atom stereocenters. The van der Waals surface area contributed by atoms with Crippen molar-refractivity contribution in [3.8, 4) is 0 Å². The monoisotopic (exact) mass is 253 g/mol. The predicted molar refractivity (Wildman–Crippen MR) is 74.8 cm³/mol. The largest absolute Gasteiger partial charge is 0.346 e. The van der Waals surface area contributed by atoms with E-state index in [4.69, 9.17) is 10.7 Å². The average Bonchev–Trinajstić information content (AvgIpc) is 2.73. The molecule has 1 aromatic heterocycles. The Morgan fingerprint density at radius 1 is 1.53 bits per heavy atom. The molecule has 1 aliphatic rings. The van der Waals surface area contributed by atoms with Crippen LogP contribution in [0.25, 0.3) is 0 Å². The first-order chi connectivity index (χ1) is 7.95. The first-order valence-corrected chi connectivity index (χ1v) is 7.26. The van der Waals surface area contributed by atoms with Crippen molar-refractivity contribution < 1.29 is 0 Å². The van der Waals surface area contributed by atoms with E-state index in [0.717, 1.165) is 24.4 Å². The standard InChI is InChI=1S/C13H23N3S/c1-5-13(2,3)16(4)12-15-10-8-6-7-9(14)11(10)17-12/h9H,5-8,14H2,1-4H3. The van der Waals surface area contributed by atoms with Crippen LogP contribution in [0.5, 0.6) is 0 Å². The van der Waals surface area contributed by atoms with Crippen LogP contribution in [0.1, 0.15) is 56.6 Å². The molecule has 0 saturated carbocycles. The summed E-state index contributed by atoms with van der Waals surface area (Å²) in [5.74, 6) is 0. The Kier molecular flexibility index (Phi) is 3.46. The maximum Gasteiger partial charge on any atom is 0.186 e. The Bertz CT molecular complexity index is 397. The number of fused-ring (bicyclic) bond motifs is 1. The average molecular weight is 253 g/mol. The number of hydrogen-bond acceptors (Lipinski definition) is 4. The molecule has 2 rings (SSSR count). The first kappa shape index (κ1) is 12.8. The lowest BCUT2D eigenvalue weighted by atomic mass is 9.99. The highest BCUT2D eigenvalue weighted by atomic mass is 32.1. The number of thiazole rings is 1. The molecule has 0 saturated heterocycles. The Balaban J connectivity index is 2.29. The summed E-state index contributed by atoms with van der Waals surface area (Å²) in [5, 5.41) is 1.12. The van der Waals surface area contributed by atoms with E-state index in [1.54, 1.807) is 11.3 Å². The number of aryl methyl sites for hydroxylation is 1. The second kappa shape index (κ2) is 4.58. The number of rotatable bonds is 3.